The molecule has 1 rings (SSSR count). The Kier molecular flexibility index (Phi) is 3.34. The summed E-state index contributed by atoms with van der Waals surface area (Å²) in [5, 5.41) is 0. The minimum atomic E-state index is -2.81. The Hall–Kier alpha value is -0.390. The average molecular weight is 277 g/mol. The van der Waals surface area contributed by atoms with E-state index in [-0.39, 0.29) is 0 Å². The fourth-order valence-corrected chi connectivity index (χ4v) is 2.74. The van der Waals surface area contributed by atoms with Crippen LogP contribution in [0.1, 0.15) is 5.56 Å². The van der Waals surface area contributed by atoms with Crippen molar-refractivity contribution < 1.29 is 4.21 Å². The molecule has 1 atom stereocenters. The minimum absolute atomic E-state index is 0.575. The molecule has 0 aliphatic rings. The molecule has 0 heterocycles. The summed E-state index contributed by atoms with van der Waals surface area (Å²) in [6.07, 6.45) is 0. The summed E-state index contributed by atoms with van der Waals surface area (Å²) in [5.41, 5.74) is 0.869. The molecule has 1 N–H and O–H groups in total. The zero-order valence-corrected chi connectivity index (χ0v) is 10.8. The van der Waals surface area contributed by atoms with Crippen LogP contribution in [-0.4, -0.2) is 22.6 Å². The normalized spacial score (nSPS) is 15.5. The summed E-state index contributed by atoms with van der Waals surface area (Å²) >= 11 is 3.33. The highest BCUT2D eigenvalue weighted by molar-refractivity contribution is 9.10. The molecule has 5 heteroatoms. The number of aryl methyl sites for hydroxylation is 1. The molecule has 3 nitrogen and oxygen atoms in total. The van der Waals surface area contributed by atoms with E-state index in [0.29, 0.717) is 4.90 Å². The lowest BCUT2D eigenvalue weighted by atomic mass is 10.2. The van der Waals surface area contributed by atoms with Crippen molar-refractivity contribution in [1.82, 2.24) is 4.31 Å². The Bertz CT molecular complexity index is 440. The molecule has 1 aromatic carbocycles. The van der Waals surface area contributed by atoms with E-state index in [9.17, 15) is 4.21 Å². The number of nitrogens with one attached hydrogen (secondary N) is 1. The van der Waals surface area contributed by atoms with Crippen molar-refractivity contribution in [3.05, 3.63) is 28.2 Å². The topological polar surface area (TPSA) is 44.2 Å². The molecule has 0 saturated carbocycles. The zero-order valence-electron chi connectivity index (χ0n) is 8.37. The third kappa shape index (κ3) is 2.16. The molecule has 0 amide bonds. The van der Waals surface area contributed by atoms with E-state index in [0.717, 1.165) is 10.0 Å². The van der Waals surface area contributed by atoms with Gasteiger partial charge in [-0.15, -0.1) is 0 Å². The molecule has 1 aromatic rings. The first-order chi connectivity index (χ1) is 6.35. The van der Waals surface area contributed by atoms with Gasteiger partial charge in [-0.3, -0.25) is 0 Å². The SMILES string of the molecule is Cc1cc(Br)ccc1S(=N)(=O)N(C)C. The summed E-state index contributed by atoms with van der Waals surface area (Å²) in [6, 6.07) is 5.40. The van der Waals surface area contributed by atoms with Gasteiger partial charge >= 0.3 is 0 Å². The van der Waals surface area contributed by atoms with Gasteiger partial charge in [-0.1, -0.05) is 15.9 Å². The maximum absolute atomic E-state index is 12.0. The molecule has 0 spiro atoms. The largest absolute Gasteiger partial charge is 0.236 e. The third-order valence-electron chi connectivity index (χ3n) is 1.95. The maximum Gasteiger partial charge on any atom is 0.136 e. The van der Waals surface area contributed by atoms with Crippen molar-refractivity contribution in [3.63, 3.8) is 0 Å². The van der Waals surface area contributed by atoms with Crippen molar-refractivity contribution in [1.29, 1.82) is 4.78 Å². The molecule has 1 unspecified atom stereocenters. The third-order valence-corrected chi connectivity index (χ3v) is 4.53. The van der Waals surface area contributed by atoms with Gasteiger partial charge in [0.15, 0.2) is 0 Å². The molecule has 78 valence electrons. The highest BCUT2D eigenvalue weighted by atomic mass is 79.9. The summed E-state index contributed by atoms with van der Waals surface area (Å²) in [4.78, 5) is 0.575. The highest BCUT2D eigenvalue weighted by Gasteiger charge is 2.15. The van der Waals surface area contributed by atoms with E-state index in [1.807, 2.05) is 13.0 Å². The van der Waals surface area contributed by atoms with E-state index in [1.165, 1.54) is 4.31 Å². The van der Waals surface area contributed by atoms with E-state index in [2.05, 4.69) is 15.9 Å². The second kappa shape index (κ2) is 4.00. The first-order valence-electron chi connectivity index (χ1n) is 4.08. The molecular weight excluding hydrogens is 264 g/mol. The molecule has 0 aliphatic heterocycles. The standard InChI is InChI=1S/C9H13BrN2OS/c1-7-6-8(10)4-5-9(7)14(11,13)12(2)3/h4-6,11H,1-3H3. The smallest absolute Gasteiger partial charge is 0.136 e. The summed E-state index contributed by atoms with van der Waals surface area (Å²) < 4.78 is 22.1. The van der Waals surface area contributed by atoms with Gasteiger partial charge in [-0.05, 0) is 30.7 Å². The van der Waals surface area contributed by atoms with Crippen LogP contribution < -0.4 is 0 Å². The second-order valence-corrected chi connectivity index (χ2v) is 6.39. The van der Waals surface area contributed by atoms with Crippen molar-refractivity contribution in [3.8, 4) is 0 Å². The molecule has 0 bridgehead atoms. The lowest BCUT2D eigenvalue weighted by Crippen LogP contribution is -2.21. The van der Waals surface area contributed by atoms with Crippen LogP contribution >= 0.6 is 15.9 Å². The number of hydrogen-bond donors (Lipinski definition) is 1. The summed E-state index contributed by atoms with van der Waals surface area (Å²) in [6.45, 7) is 1.86. The van der Waals surface area contributed by atoms with Gasteiger partial charge in [0.05, 0.1) is 4.90 Å². The predicted molar refractivity (Wildman–Crippen MR) is 61.7 cm³/mol. The van der Waals surface area contributed by atoms with Crippen LogP contribution in [0.5, 0.6) is 0 Å². The van der Waals surface area contributed by atoms with Crippen LogP contribution in [0.4, 0.5) is 0 Å². The monoisotopic (exact) mass is 276 g/mol. The number of nitrogens with zero attached hydrogens (tertiary/aromatic N) is 1. The van der Waals surface area contributed by atoms with Crippen LogP contribution in [0, 0.1) is 11.7 Å². The molecule has 0 saturated heterocycles. The van der Waals surface area contributed by atoms with E-state index in [1.54, 1.807) is 26.2 Å². The van der Waals surface area contributed by atoms with Crippen LogP contribution in [0.25, 0.3) is 0 Å². The van der Waals surface area contributed by atoms with E-state index >= 15 is 0 Å². The van der Waals surface area contributed by atoms with Crippen molar-refractivity contribution >= 4 is 25.8 Å². The molecule has 0 radical (unpaired) electrons. The molecule has 0 aliphatic carbocycles. The van der Waals surface area contributed by atoms with Crippen LogP contribution in [-0.2, 0) is 9.92 Å². The van der Waals surface area contributed by atoms with Gasteiger partial charge in [0, 0.05) is 18.6 Å². The van der Waals surface area contributed by atoms with Gasteiger partial charge in [0.1, 0.15) is 9.92 Å². The quantitative estimate of drug-likeness (QED) is 0.887. The first-order valence-corrected chi connectivity index (χ1v) is 6.39. The Morgan fingerprint density at radius 2 is 2.00 bits per heavy atom. The maximum atomic E-state index is 12.0. The van der Waals surface area contributed by atoms with Crippen LogP contribution in [0.15, 0.2) is 27.6 Å². The van der Waals surface area contributed by atoms with Crippen molar-refractivity contribution in [2.24, 2.45) is 0 Å². The molecule has 0 fully saturated rings. The summed E-state index contributed by atoms with van der Waals surface area (Å²) in [5.74, 6) is 0. The second-order valence-electron chi connectivity index (χ2n) is 3.25. The number of halogens is 1. The number of rotatable bonds is 2. The van der Waals surface area contributed by atoms with Crippen LogP contribution in [0.2, 0.25) is 0 Å². The van der Waals surface area contributed by atoms with Gasteiger partial charge in [-0.2, -0.15) is 0 Å². The molecule has 14 heavy (non-hydrogen) atoms. The van der Waals surface area contributed by atoms with Gasteiger partial charge in [0.25, 0.3) is 0 Å². The van der Waals surface area contributed by atoms with Gasteiger partial charge in [0.2, 0.25) is 0 Å². The number of benzene rings is 1. The first kappa shape index (κ1) is 11.7. The Morgan fingerprint density at radius 1 is 1.43 bits per heavy atom. The Labute approximate surface area is 93.4 Å². The molecule has 0 aromatic heterocycles. The molecular formula is C9H13BrN2OS. The van der Waals surface area contributed by atoms with Crippen LogP contribution in [0.3, 0.4) is 0 Å². The predicted octanol–water partition coefficient (Wildman–Crippen LogP) is 2.64. The number of hydrogen-bond acceptors (Lipinski definition) is 2. The van der Waals surface area contributed by atoms with Gasteiger partial charge in [-0.25, -0.2) is 13.3 Å². The lowest BCUT2D eigenvalue weighted by molar-refractivity contribution is 0.588. The fourth-order valence-electron chi connectivity index (χ4n) is 1.12. The van der Waals surface area contributed by atoms with Crippen molar-refractivity contribution in [2.75, 3.05) is 14.1 Å². The zero-order chi connectivity index (χ0) is 10.9. The minimum Gasteiger partial charge on any atom is -0.236 e. The van der Waals surface area contributed by atoms with E-state index in [4.69, 9.17) is 4.78 Å². The van der Waals surface area contributed by atoms with Gasteiger partial charge < -0.3 is 0 Å². The van der Waals surface area contributed by atoms with Crippen molar-refractivity contribution in [2.45, 2.75) is 11.8 Å². The van der Waals surface area contributed by atoms with E-state index < -0.39 is 9.92 Å². The highest BCUT2D eigenvalue weighted by Crippen LogP contribution is 2.22. The Balaban J connectivity index is 3.35. The average Bonchev–Trinajstić information content (AvgIpc) is 2.02. The lowest BCUT2D eigenvalue weighted by Gasteiger charge is -2.16. The fraction of sp³-hybridized carbons (Fsp3) is 0.333. The Morgan fingerprint density at radius 3 is 2.43 bits per heavy atom. The summed E-state index contributed by atoms with van der Waals surface area (Å²) in [7, 11) is 0.487.